The topological polar surface area (TPSA) is 81.5 Å². The summed E-state index contributed by atoms with van der Waals surface area (Å²) < 4.78 is 32.0. The van der Waals surface area contributed by atoms with Crippen LogP contribution in [0.2, 0.25) is 0 Å². The summed E-state index contributed by atoms with van der Waals surface area (Å²) in [5, 5.41) is 12.3. The molecule has 0 aliphatic heterocycles. The number of hydrogen-bond acceptors (Lipinski definition) is 4. The fourth-order valence-corrected chi connectivity index (χ4v) is 1.65. The Bertz CT molecular complexity index is 684. The normalized spacial score (nSPS) is 10.1. The molecule has 0 spiro atoms. The number of carbonyl (C=O) groups excluding carboxylic acids is 1. The van der Waals surface area contributed by atoms with E-state index < -0.39 is 34.0 Å². The molecule has 8 heteroatoms. The van der Waals surface area contributed by atoms with Crippen LogP contribution < -0.4 is 5.32 Å². The molecule has 0 aliphatic carbocycles. The summed E-state index contributed by atoms with van der Waals surface area (Å²) in [6.45, 7) is -0.0805. The summed E-state index contributed by atoms with van der Waals surface area (Å²) in [6.07, 6.45) is -1.07. The first-order valence-electron chi connectivity index (χ1n) is 6.08. The van der Waals surface area contributed by atoms with E-state index >= 15 is 0 Å². The second-order valence-electron chi connectivity index (χ2n) is 4.23. The Morgan fingerprint density at radius 3 is 2.32 bits per heavy atom. The third-order valence-electron chi connectivity index (χ3n) is 2.68. The number of non-ortho nitro benzene ring substituents is 1. The van der Waals surface area contributed by atoms with Gasteiger partial charge in [-0.15, -0.1) is 0 Å². The molecule has 22 heavy (non-hydrogen) atoms. The third kappa shape index (κ3) is 3.75. The minimum Gasteiger partial charge on any atom is -0.444 e. The second-order valence-corrected chi connectivity index (χ2v) is 4.23. The van der Waals surface area contributed by atoms with Gasteiger partial charge in [-0.1, -0.05) is 30.3 Å². The molecule has 114 valence electrons. The number of nitrogens with zero attached hydrogens (tertiary/aromatic N) is 1. The maximum atomic E-state index is 13.6. The molecule has 0 bridgehead atoms. The van der Waals surface area contributed by atoms with Crippen molar-refractivity contribution in [2.45, 2.75) is 6.61 Å². The van der Waals surface area contributed by atoms with Gasteiger partial charge in [0.25, 0.3) is 5.69 Å². The summed E-state index contributed by atoms with van der Waals surface area (Å²) in [6, 6.07) is 9.70. The molecule has 0 radical (unpaired) electrons. The average Bonchev–Trinajstić information content (AvgIpc) is 2.49. The maximum Gasteiger partial charge on any atom is 0.412 e. The summed E-state index contributed by atoms with van der Waals surface area (Å²) in [5.41, 5.74) is -0.857. The van der Waals surface area contributed by atoms with Gasteiger partial charge in [-0.05, 0) is 5.56 Å². The van der Waals surface area contributed by atoms with Crippen LogP contribution in [0.15, 0.2) is 42.5 Å². The molecule has 1 amide bonds. The van der Waals surface area contributed by atoms with Gasteiger partial charge in [0.15, 0.2) is 11.6 Å². The van der Waals surface area contributed by atoms with E-state index in [1.54, 1.807) is 30.3 Å². The lowest BCUT2D eigenvalue weighted by Crippen LogP contribution is -2.15. The summed E-state index contributed by atoms with van der Waals surface area (Å²) in [7, 11) is 0. The molecular formula is C14H10F2N2O4. The highest BCUT2D eigenvalue weighted by Gasteiger charge is 2.19. The van der Waals surface area contributed by atoms with Crippen molar-refractivity contribution in [3.63, 3.8) is 0 Å². The number of nitro benzene ring substituents is 1. The van der Waals surface area contributed by atoms with Gasteiger partial charge in [0.2, 0.25) is 0 Å². The van der Waals surface area contributed by atoms with Crippen LogP contribution in [0.3, 0.4) is 0 Å². The lowest BCUT2D eigenvalue weighted by atomic mass is 10.2. The molecule has 0 aliphatic rings. The van der Waals surface area contributed by atoms with Crippen molar-refractivity contribution in [2.75, 3.05) is 5.32 Å². The Labute approximate surface area is 123 Å². The van der Waals surface area contributed by atoms with Crippen LogP contribution in [-0.2, 0) is 11.3 Å². The number of nitro groups is 1. The molecule has 0 atom stereocenters. The zero-order valence-electron chi connectivity index (χ0n) is 11.1. The zero-order chi connectivity index (χ0) is 16.1. The Kier molecular flexibility index (Phi) is 4.62. The van der Waals surface area contributed by atoms with E-state index in [2.05, 4.69) is 0 Å². The molecular weight excluding hydrogens is 298 g/mol. The molecule has 2 aromatic carbocycles. The summed E-state index contributed by atoms with van der Waals surface area (Å²) in [4.78, 5) is 21.0. The molecule has 0 unspecified atom stereocenters. The first-order chi connectivity index (χ1) is 10.5. The van der Waals surface area contributed by atoms with Crippen LogP contribution in [-0.4, -0.2) is 11.0 Å². The predicted molar refractivity (Wildman–Crippen MR) is 73.3 cm³/mol. The first-order valence-corrected chi connectivity index (χ1v) is 6.08. The summed E-state index contributed by atoms with van der Waals surface area (Å²) >= 11 is 0. The number of rotatable bonds is 4. The van der Waals surface area contributed by atoms with Crippen LogP contribution in [0, 0.1) is 21.7 Å². The van der Waals surface area contributed by atoms with Crippen molar-refractivity contribution in [3.8, 4) is 0 Å². The molecule has 0 aromatic heterocycles. The van der Waals surface area contributed by atoms with Crippen molar-refractivity contribution >= 4 is 17.5 Å². The van der Waals surface area contributed by atoms with Crippen LogP contribution >= 0.6 is 0 Å². The lowest BCUT2D eigenvalue weighted by molar-refractivity contribution is -0.385. The minimum atomic E-state index is -1.26. The second kappa shape index (κ2) is 6.61. The van der Waals surface area contributed by atoms with E-state index in [1.807, 2.05) is 5.32 Å². The smallest absolute Gasteiger partial charge is 0.412 e. The number of amides is 1. The number of hydrogen-bond donors (Lipinski definition) is 1. The maximum absolute atomic E-state index is 13.6. The van der Waals surface area contributed by atoms with Gasteiger partial charge in [0, 0.05) is 0 Å². The fraction of sp³-hybridized carbons (Fsp3) is 0.0714. The molecule has 6 nitrogen and oxygen atoms in total. The molecule has 0 heterocycles. The van der Waals surface area contributed by atoms with Crippen LogP contribution in [0.25, 0.3) is 0 Å². The number of halogens is 2. The van der Waals surface area contributed by atoms with Gasteiger partial charge in [-0.2, -0.15) is 0 Å². The van der Waals surface area contributed by atoms with Gasteiger partial charge >= 0.3 is 6.09 Å². The number of nitrogens with one attached hydrogen (secondary N) is 1. The van der Waals surface area contributed by atoms with Crippen molar-refractivity contribution in [3.05, 3.63) is 69.8 Å². The Hall–Kier alpha value is -3.03. The van der Waals surface area contributed by atoms with Gasteiger partial charge in [0.05, 0.1) is 17.1 Å². The SMILES string of the molecule is O=C(Nc1c(F)cc([N+](=O)[O-])cc1F)OCc1ccccc1. The molecule has 0 saturated carbocycles. The third-order valence-corrected chi connectivity index (χ3v) is 2.68. The number of anilines is 1. The van der Waals surface area contributed by atoms with Crippen LogP contribution in [0.1, 0.15) is 5.56 Å². The predicted octanol–water partition coefficient (Wildman–Crippen LogP) is 3.62. The van der Waals surface area contributed by atoms with Gasteiger partial charge in [0.1, 0.15) is 12.3 Å². The van der Waals surface area contributed by atoms with E-state index in [0.29, 0.717) is 17.7 Å². The quantitative estimate of drug-likeness (QED) is 0.691. The van der Waals surface area contributed by atoms with Gasteiger partial charge in [-0.25, -0.2) is 13.6 Å². The Morgan fingerprint density at radius 2 is 1.77 bits per heavy atom. The minimum absolute atomic E-state index is 0.0805. The largest absolute Gasteiger partial charge is 0.444 e. The van der Waals surface area contributed by atoms with E-state index in [-0.39, 0.29) is 6.61 Å². The Balaban J connectivity index is 2.04. The first kappa shape index (κ1) is 15.4. The molecule has 1 N–H and O–H groups in total. The number of carbonyl (C=O) groups is 1. The number of benzene rings is 2. The van der Waals surface area contributed by atoms with Crippen LogP contribution in [0.4, 0.5) is 25.0 Å². The van der Waals surface area contributed by atoms with Gasteiger partial charge < -0.3 is 4.74 Å². The molecule has 2 rings (SSSR count). The van der Waals surface area contributed by atoms with Crippen LogP contribution in [0.5, 0.6) is 0 Å². The highest BCUT2D eigenvalue weighted by Crippen LogP contribution is 2.24. The summed E-state index contributed by atoms with van der Waals surface area (Å²) in [5.74, 6) is -2.52. The standard InChI is InChI=1S/C14H10F2N2O4/c15-11-6-10(18(20)21)7-12(16)13(11)17-14(19)22-8-9-4-2-1-3-5-9/h1-7H,8H2,(H,17,19). The highest BCUT2D eigenvalue weighted by molar-refractivity contribution is 5.85. The lowest BCUT2D eigenvalue weighted by Gasteiger charge is -2.08. The van der Waals surface area contributed by atoms with Crippen molar-refractivity contribution in [1.82, 2.24) is 0 Å². The monoisotopic (exact) mass is 308 g/mol. The average molecular weight is 308 g/mol. The van der Waals surface area contributed by atoms with E-state index in [0.717, 1.165) is 0 Å². The number of ether oxygens (including phenoxy) is 1. The molecule has 2 aromatic rings. The van der Waals surface area contributed by atoms with Crippen molar-refractivity contribution in [2.24, 2.45) is 0 Å². The fourth-order valence-electron chi connectivity index (χ4n) is 1.65. The van der Waals surface area contributed by atoms with Crippen molar-refractivity contribution in [1.29, 1.82) is 0 Å². The van der Waals surface area contributed by atoms with Gasteiger partial charge in [-0.3, -0.25) is 15.4 Å². The molecule has 0 fully saturated rings. The molecule has 0 saturated heterocycles. The van der Waals surface area contributed by atoms with E-state index in [4.69, 9.17) is 4.74 Å². The van der Waals surface area contributed by atoms with E-state index in [1.165, 1.54) is 0 Å². The zero-order valence-corrected chi connectivity index (χ0v) is 11.1. The Morgan fingerprint density at radius 1 is 1.18 bits per heavy atom. The van der Waals surface area contributed by atoms with E-state index in [9.17, 15) is 23.7 Å². The van der Waals surface area contributed by atoms with Crippen molar-refractivity contribution < 1.29 is 23.2 Å². The highest BCUT2D eigenvalue weighted by atomic mass is 19.1.